The Morgan fingerprint density at radius 2 is 1.56 bits per heavy atom. The third-order valence-corrected chi connectivity index (χ3v) is 6.26. The van der Waals surface area contributed by atoms with E-state index in [1.165, 1.54) is 38.8 Å². The molecule has 8 heteroatoms. The summed E-state index contributed by atoms with van der Waals surface area (Å²) in [5.41, 5.74) is 13.7. The van der Waals surface area contributed by atoms with E-state index < -0.39 is 0 Å². The van der Waals surface area contributed by atoms with Crippen LogP contribution in [0.4, 0.5) is 27.5 Å². The van der Waals surface area contributed by atoms with Gasteiger partial charge in [0.15, 0.2) is 5.75 Å². The van der Waals surface area contributed by atoms with Crippen LogP contribution in [0.5, 0.6) is 5.75 Å². The topological polar surface area (TPSA) is 110 Å². The molecule has 170 valence electrons. The monoisotopic (exact) mass is 436 g/mol. The Morgan fingerprint density at radius 3 is 2.28 bits per heavy atom. The van der Waals surface area contributed by atoms with E-state index in [2.05, 4.69) is 15.1 Å². The zero-order valence-electron chi connectivity index (χ0n) is 18.4. The Hall–Kier alpha value is -3.13. The van der Waals surface area contributed by atoms with Gasteiger partial charge in [-0.05, 0) is 69.1 Å². The first-order chi connectivity index (χ1) is 15.6. The number of anilines is 2. The van der Waals surface area contributed by atoms with Crippen molar-refractivity contribution in [3.63, 3.8) is 0 Å². The predicted octanol–water partition coefficient (Wildman–Crippen LogP) is 5.11. The summed E-state index contributed by atoms with van der Waals surface area (Å²) in [6.45, 7) is 3.80. The molecular formula is C24H32N6O2. The van der Waals surface area contributed by atoms with Crippen LogP contribution in [0.3, 0.4) is 0 Å². The Balaban J connectivity index is 1.36. The van der Waals surface area contributed by atoms with Crippen LogP contribution in [0.25, 0.3) is 0 Å². The molecule has 0 radical (unpaired) electrons. The number of carbonyl (C=O) groups excluding carboxylic acids is 1. The van der Waals surface area contributed by atoms with Gasteiger partial charge in [0.25, 0.3) is 0 Å². The number of nitrogens with two attached hydrogens (primary N) is 2. The van der Waals surface area contributed by atoms with Gasteiger partial charge >= 0.3 is 6.09 Å². The van der Waals surface area contributed by atoms with Crippen molar-refractivity contribution in [1.82, 2.24) is 9.80 Å². The lowest BCUT2D eigenvalue weighted by atomic mass is 10.0. The molecule has 8 nitrogen and oxygen atoms in total. The molecule has 0 atom stereocenters. The molecule has 32 heavy (non-hydrogen) atoms. The van der Waals surface area contributed by atoms with Crippen LogP contribution in [0.2, 0.25) is 0 Å². The number of nitrogen functional groups attached to an aromatic ring is 2. The van der Waals surface area contributed by atoms with Crippen LogP contribution in [-0.4, -0.2) is 48.1 Å². The van der Waals surface area contributed by atoms with Gasteiger partial charge in [0.2, 0.25) is 0 Å². The van der Waals surface area contributed by atoms with Gasteiger partial charge in [0.1, 0.15) is 11.4 Å². The average molecular weight is 437 g/mol. The van der Waals surface area contributed by atoms with E-state index in [1.807, 2.05) is 12.1 Å². The highest BCUT2D eigenvalue weighted by atomic mass is 16.6. The standard InChI is InChI=1S/C24H32N6O2/c25-18-9-10-21(20(26)17-18)27-28-22-7-3-4-8-23(22)32-24(31)30-15-11-19(12-16-30)29-13-5-1-2-6-14-29/h3-4,7-10,17,19H,1-2,5-6,11-16,25-26H2/b28-27+. The second kappa shape index (κ2) is 10.5. The summed E-state index contributed by atoms with van der Waals surface area (Å²) in [5.74, 6) is 0.380. The molecule has 2 saturated heterocycles. The van der Waals surface area contributed by atoms with Crippen LogP contribution in [-0.2, 0) is 0 Å². The fourth-order valence-electron chi connectivity index (χ4n) is 4.43. The summed E-state index contributed by atoms with van der Waals surface area (Å²) in [6.07, 6.45) is 6.89. The van der Waals surface area contributed by atoms with E-state index in [4.69, 9.17) is 16.2 Å². The van der Waals surface area contributed by atoms with Crippen molar-refractivity contribution < 1.29 is 9.53 Å². The number of rotatable bonds is 4. The maximum Gasteiger partial charge on any atom is 0.415 e. The second-order valence-electron chi connectivity index (χ2n) is 8.52. The first kappa shape index (κ1) is 22.1. The van der Waals surface area contributed by atoms with E-state index in [1.54, 1.807) is 35.2 Å². The molecule has 2 heterocycles. The highest BCUT2D eigenvalue weighted by Gasteiger charge is 2.28. The Kier molecular flexibility index (Phi) is 7.21. The third-order valence-electron chi connectivity index (χ3n) is 6.26. The molecule has 0 aliphatic carbocycles. The van der Waals surface area contributed by atoms with Gasteiger partial charge in [-0.15, -0.1) is 10.2 Å². The highest BCUT2D eigenvalue weighted by molar-refractivity contribution is 5.73. The second-order valence-corrected chi connectivity index (χ2v) is 8.52. The van der Waals surface area contributed by atoms with E-state index >= 15 is 0 Å². The maximum absolute atomic E-state index is 12.8. The first-order valence-corrected chi connectivity index (χ1v) is 11.5. The van der Waals surface area contributed by atoms with Gasteiger partial charge in [-0.3, -0.25) is 0 Å². The third kappa shape index (κ3) is 5.56. The van der Waals surface area contributed by atoms with Crippen molar-refractivity contribution in [2.75, 3.05) is 37.6 Å². The molecule has 0 spiro atoms. The largest absolute Gasteiger partial charge is 0.415 e. The Morgan fingerprint density at radius 1 is 0.875 bits per heavy atom. The zero-order chi connectivity index (χ0) is 22.3. The molecule has 0 saturated carbocycles. The van der Waals surface area contributed by atoms with Crippen LogP contribution >= 0.6 is 0 Å². The zero-order valence-corrected chi connectivity index (χ0v) is 18.4. The Bertz CT molecular complexity index is 947. The first-order valence-electron chi connectivity index (χ1n) is 11.5. The minimum atomic E-state index is -0.339. The van der Waals surface area contributed by atoms with Crippen LogP contribution in [0, 0.1) is 0 Å². The number of carbonyl (C=O) groups is 1. The average Bonchev–Trinajstić information content (AvgIpc) is 3.09. The molecule has 0 bridgehead atoms. The number of nitrogens with zero attached hydrogens (tertiary/aromatic N) is 4. The molecule has 2 aliphatic heterocycles. The SMILES string of the molecule is Nc1ccc(/N=N/c2ccccc2OC(=O)N2CCC(N3CCCCCC3)CC2)c(N)c1. The number of hydrogen-bond donors (Lipinski definition) is 2. The summed E-state index contributed by atoms with van der Waals surface area (Å²) in [5, 5.41) is 8.45. The lowest BCUT2D eigenvalue weighted by molar-refractivity contribution is 0.100. The lowest BCUT2D eigenvalue weighted by Gasteiger charge is -2.37. The summed E-state index contributed by atoms with van der Waals surface area (Å²) in [4.78, 5) is 17.2. The van der Waals surface area contributed by atoms with Gasteiger partial charge < -0.3 is 26.0 Å². The number of benzene rings is 2. The van der Waals surface area contributed by atoms with Crippen LogP contribution in [0.15, 0.2) is 52.7 Å². The van der Waals surface area contributed by atoms with Gasteiger partial charge in [-0.2, -0.15) is 0 Å². The quantitative estimate of drug-likeness (QED) is 0.511. The molecule has 0 aromatic heterocycles. The fraction of sp³-hybridized carbons (Fsp3) is 0.458. The lowest BCUT2D eigenvalue weighted by Crippen LogP contribution is -2.47. The maximum atomic E-state index is 12.8. The molecule has 1 amide bonds. The van der Waals surface area contributed by atoms with Gasteiger partial charge in [-0.1, -0.05) is 25.0 Å². The number of amides is 1. The van der Waals surface area contributed by atoms with Crippen molar-refractivity contribution in [1.29, 1.82) is 0 Å². The van der Waals surface area contributed by atoms with E-state index in [9.17, 15) is 4.79 Å². The van der Waals surface area contributed by atoms with Gasteiger partial charge in [0.05, 0.1) is 5.69 Å². The van der Waals surface area contributed by atoms with Crippen molar-refractivity contribution in [2.24, 2.45) is 10.2 Å². The molecule has 2 aliphatic rings. The van der Waals surface area contributed by atoms with Gasteiger partial charge in [0, 0.05) is 24.8 Å². The smallest absolute Gasteiger partial charge is 0.408 e. The molecular weight excluding hydrogens is 404 g/mol. The summed E-state index contributed by atoms with van der Waals surface area (Å²) in [7, 11) is 0. The predicted molar refractivity (Wildman–Crippen MR) is 127 cm³/mol. The van der Waals surface area contributed by atoms with Gasteiger partial charge in [-0.25, -0.2) is 4.79 Å². The summed E-state index contributed by atoms with van der Waals surface area (Å²) in [6, 6.07) is 12.7. The van der Waals surface area contributed by atoms with Crippen LogP contribution in [0.1, 0.15) is 38.5 Å². The number of ether oxygens (including phenoxy) is 1. The molecule has 4 N–H and O–H groups in total. The highest BCUT2D eigenvalue weighted by Crippen LogP contribution is 2.32. The van der Waals surface area contributed by atoms with Crippen molar-refractivity contribution in [3.05, 3.63) is 42.5 Å². The molecule has 2 aromatic carbocycles. The molecule has 0 unspecified atom stereocenters. The normalized spacial score (nSPS) is 18.6. The minimum absolute atomic E-state index is 0.339. The van der Waals surface area contributed by atoms with E-state index in [-0.39, 0.29) is 6.09 Å². The molecule has 2 aromatic rings. The Labute approximate surface area is 189 Å². The van der Waals surface area contributed by atoms with E-state index in [0.717, 1.165) is 12.8 Å². The number of hydrogen-bond acceptors (Lipinski definition) is 7. The van der Waals surface area contributed by atoms with Crippen molar-refractivity contribution in [3.8, 4) is 5.75 Å². The van der Waals surface area contributed by atoms with E-state index in [0.29, 0.717) is 47.6 Å². The van der Waals surface area contributed by atoms with Crippen molar-refractivity contribution in [2.45, 2.75) is 44.6 Å². The van der Waals surface area contributed by atoms with Crippen LogP contribution < -0.4 is 16.2 Å². The van der Waals surface area contributed by atoms with Crippen molar-refractivity contribution >= 4 is 28.8 Å². The summed E-state index contributed by atoms with van der Waals surface area (Å²) >= 11 is 0. The summed E-state index contributed by atoms with van der Waals surface area (Å²) < 4.78 is 5.69. The number of piperidine rings is 1. The number of likely N-dealkylation sites (tertiary alicyclic amines) is 2. The molecule has 2 fully saturated rings. The number of azo groups is 1. The fourth-order valence-corrected chi connectivity index (χ4v) is 4.43. The minimum Gasteiger partial charge on any atom is -0.408 e. The molecule has 4 rings (SSSR count). The number of para-hydroxylation sites is 1.